The highest BCUT2D eigenvalue weighted by Crippen LogP contribution is 2.29. The number of aromatic nitrogens is 4. The summed E-state index contributed by atoms with van der Waals surface area (Å²) in [5.74, 6) is 0. The maximum atomic E-state index is 4.58. The van der Waals surface area contributed by atoms with Gasteiger partial charge in [-0.3, -0.25) is 20.0 Å². The maximum Gasteiger partial charge on any atom is 0.116 e. The first-order valence-electron chi connectivity index (χ1n) is 13.3. The maximum absolute atomic E-state index is 4.58. The van der Waals surface area contributed by atoms with Crippen LogP contribution in [-0.2, 0) is 13.0 Å². The Kier molecular flexibility index (Phi) is 6.96. The Morgan fingerprint density at radius 3 is 2.50 bits per heavy atom. The molecule has 0 aliphatic carbocycles. The molecule has 190 valence electrons. The van der Waals surface area contributed by atoms with Gasteiger partial charge in [-0.2, -0.15) is 5.10 Å². The molecule has 1 fully saturated rings. The minimum atomic E-state index is 0.726. The van der Waals surface area contributed by atoms with Crippen molar-refractivity contribution in [3.05, 3.63) is 114 Å². The fourth-order valence-corrected chi connectivity index (χ4v) is 5.25. The van der Waals surface area contributed by atoms with E-state index in [1.165, 1.54) is 43.5 Å². The van der Waals surface area contributed by atoms with Gasteiger partial charge in [0.1, 0.15) is 5.69 Å². The lowest BCUT2D eigenvalue weighted by atomic mass is 10.0. The van der Waals surface area contributed by atoms with Gasteiger partial charge in [0, 0.05) is 36.1 Å². The molecule has 6 rings (SSSR count). The van der Waals surface area contributed by atoms with Crippen LogP contribution in [0.3, 0.4) is 0 Å². The summed E-state index contributed by atoms with van der Waals surface area (Å²) in [6, 6.07) is 21.2. The largest absolute Gasteiger partial charge is 0.353 e. The minimum Gasteiger partial charge on any atom is -0.353 e. The van der Waals surface area contributed by atoms with E-state index < -0.39 is 0 Å². The number of likely N-dealkylation sites (tertiary alicyclic amines) is 1. The molecular weight excluding hydrogens is 468 g/mol. The van der Waals surface area contributed by atoms with Crippen molar-refractivity contribution in [3.63, 3.8) is 0 Å². The molecule has 2 N–H and O–H groups in total. The third-order valence-corrected chi connectivity index (χ3v) is 7.17. The molecule has 1 aliphatic rings. The van der Waals surface area contributed by atoms with E-state index in [0.29, 0.717) is 0 Å². The predicted octanol–water partition coefficient (Wildman–Crippen LogP) is 6.68. The van der Waals surface area contributed by atoms with Gasteiger partial charge in [0.2, 0.25) is 0 Å². The average Bonchev–Trinajstić information content (AvgIpc) is 3.38. The van der Waals surface area contributed by atoms with Crippen LogP contribution in [-0.4, -0.2) is 38.2 Å². The number of anilines is 1. The van der Waals surface area contributed by atoms with Crippen LogP contribution in [0.4, 0.5) is 5.69 Å². The minimum absolute atomic E-state index is 0.726. The van der Waals surface area contributed by atoms with Crippen molar-refractivity contribution in [3.8, 4) is 11.1 Å². The molecular formula is C32H32N6. The lowest BCUT2D eigenvalue weighted by Gasteiger charge is -2.26. The highest BCUT2D eigenvalue weighted by molar-refractivity contribution is 5.95. The summed E-state index contributed by atoms with van der Waals surface area (Å²) in [6.07, 6.45) is 12.4. The Morgan fingerprint density at radius 2 is 1.63 bits per heavy atom. The third-order valence-electron chi connectivity index (χ3n) is 7.17. The van der Waals surface area contributed by atoms with Crippen molar-refractivity contribution in [2.75, 3.05) is 18.4 Å². The van der Waals surface area contributed by atoms with E-state index in [-0.39, 0.29) is 0 Å². The lowest BCUT2D eigenvalue weighted by molar-refractivity contribution is 0.220. The second-order valence-corrected chi connectivity index (χ2v) is 10.1. The van der Waals surface area contributed by atoms with Crippen LogP contribution in [0.2, 0.25) is 0 Å². The van der Waals surface area contributed by atoms with Crippen LogP contribution in [0.25, 0.3) is 27.7 Å². The van der Waals surface area contributed by atoms with Crippen LogP contribution < -0.4 is 5.32 Å². The first-order valence-corrected chi connectivity index (χ1v) is 13.3. The first kappa shape index (κ1) is 24.1. The van der Waals surface area contributed by atoms with E-state index >= 15 is 0 Å². The van der Waals surface area contributed by atoms with E-state index in [1.807, 2.05) is 30.9 Å². The molecule has 0 radical (unpaired) electrons. The van der Waals surface area contributed by atoms with Gasteiger partial charge in [-0.05, 0) is 78.9 Å². The monoisotopic (exact) mass is 500 g/mol. The quantitative estimate of drug-likeness (QED) is 0.249. The van der Waals surface area contributed by atoms with Crippen molar-refractivity contribution in [1.82, 2.24) is 25.1 Å². The summed E-state index contributed by atoms with van der Waals surface area (Å²) >= 11 is 0. The number of nitrogens with one attached hydrogen (secondary N) is 2. The Morgan fingerprint density at radius 1 is 0.816 bits per heavy atom. The molecule has 0 bridgehead atoms. The standard InChI is InChI=1S/C32H32N6/c1-23(35-29-16-25(18-34-21-29)14-24-8-4-2-5-9-24)32-30-17-27(10-11-31(30)36-37-32)28-15-26(19-33-20-28)22-38-12-6-3-7-13-38/h2,4-5,8-11,15-21,35H,1,3,6-7,12-14,22H2,(H,36,37). The third kappa shape index (κ3) is 5.50. The highest BCUT2D eigenvalue weighted by atomic mass is 15.1. The van der Waals surface area contributed by atoms with Crippen LogP contribution in [0.5, 0.6) is 0 Å². The number of hydrogen-bond donors (Lipinski definition) is 2. The van der Waals surface area contributed by atoms with Gasteiger partial charge in [0.05, 0.1) is 23.1 Å². The SMILES string of the molecule is C=C(Nc1cncc(Cc2ccccc2)c1)c1n[nH]c2ccc(-c3cncc(CN4CCCCC4)c3)cc12. The fourth-order valence-electron chi connectivity index (χ4n) is 5.25. The second kappa shape index (κ2) is 11.0. The van der Waals surface area contributed by atoms with E-state index in [2.05, 4.69) is 91.6 Å². The Labute approximate surface area is 223 Å². The van der Waals surface area contributed by atoms with Gasteiger partial charge in [-0.25, -0.2) is 0 Å². The van der Waals surface area contributed by atoms with Crippen molar-refractivity contribution >= 4 is 22.3 Å². The molecule has 6 nitrogen and oxygen atoms in total. The van der Waals surface area contributed by atoms with Crippen molar-refractivity contribution in [1.29, 1.82) is 0 Å². The summed E-state index contributed by atoms with van der Waals surface area (Å²) in [5, 5.41) is 12.2. The number of benzene rings is 2. The molecule has 0 saturated carbocycles. The van der Waals surface area contributed by atoms with Gasteiger partial charge in [0.25, 0.3) is 0 Å². The lowest BCUT2D eigenvalue weighted by Crippen LogP contribution is -2.29. The number of pyridine rings is 2. The van der Waals surface area contributed by atoms with Crippen molar-refractivity contribution < 1.29 is 0 Å². The summed E-state index contributed by atoms with van der Waals surface area (Å²) < 4.78 is 0. The average molecular weight is 501 g/mol. The van der Waals surface area contributed by atoms with Crippen LogP contribution in [0, 0.1) is 0 Å². The molecule has 0 spiro atoms. The molecule has 6 heteroatoms. The number of rotatable bonds is 8. The normalized spacial score (nSPS) is 14.0. The fraction of sp³-hybridized carbons (Fsp3) is 0.219. The number of nitrogens with zero attached hydrogens (tertiary/aromatic N) is 4. The molecule has 5 aromatic rings. The summed E-state index contributed by atoms with van der Waals surface area (Å²) in [7, 11) is 0. The van der Waals surface area contributed by atoms with Gasteiger partial charge < -0.3 is 5.32 Å². The number of piperidine rings is 1. The Balaban J connectivity index is 1.21. The number of fused-ring (bicyclic) bond motifs is 1. The van der Waals surface area contributed by atoms with Crippen LogP contribution in [0.1, 0.15) is 41.6 Å². The second-order valence-electron chi connectivity index (χ2n) is 10.1. The van der Waals surface area contributed by atoms with Crippen molar-refractivity contribution in [2.45, 2.75) is 32.2 Å². The molecule has 1 saturated heterocycles. The van der Waals surface area contributed by atoms with E-state index in [0.717, 1.165) is 57.6 Å². The molecule has 0 amide bonds. The zero-order valence-corrected chi connectivity index (χ0v) is 21.5. The molecule has 4 heterocycles. The number of hydrogen-bond acceptors (Lipinski definition) is 5. The first-order chi connectivity index (χ1) is 18.7. The molecule has 38 heavy (non-hydrogen) atoms. The number of H-pyrrole nitrogens is 1. The molecule has 0 atom stereocenters. The summed E-state index contributed by atoms with van der Waals surface area (Å²) in [5.41, 5.74) is 9.27. The van der Waals surface area contributed by atoms with Gasteiger partial charge >= 0.3 is 0 Å². The zero-order chi connectivity index (χ0) is 25.7. The zero-order valence-electron chi connectivity index (χ0n) is 21.5. The Hall–Kier alpha value is -4.29. The summed E-state index contributed by atoms with van der Waals surface area (Å²) in [6.45, 7) is 7.60. The van der Waals surface area contributed by atoms with E-state index in [4.69, 9.17) is 0 Å². The topological polar surface area (TPSA) is 69.7 Å². The molecule has 2 aromatic carbocycles. The van der Waals surface area contributed by atoms with Crippen LogP contribution in [0.15, 0.2) is 92.0 Å². The van der Waals surface area contributed by atoms with Gasteiger partial charge in [0.15, 0.2) is 0 Å². The predicted molar refractivity (Wildman–Crippen MR) is 155 cm³/mol. The van der Waals surface area contributed by atoms with Crippen molar-refractivity contribution in [2.24, 2.45) is 0 Å². The van der Waals surface area contributed by atoms with E-state index in [9.17, 15) is 0 Å². The van der Waals surface area contributed by atoms with E-state index in [1.54, 1.807) is 0 Å². The molecule has 0 unspecified atom stereocenters. The highest BCUT2D eigenvalue weighted by Gasteiger charge is 2.14. The molecule has 3 aromatic heterocycles. The smallest absolute Gasteiger partial charge is 0.116 e. The van der Waals surface area contributed by atoms with Crippen LogP contribution >= 0.6 is 0 Å². The molecule has 1 aliphatic heterocycles. The van der Waals surface area contributed by atoms with Gasteiger partial charge in [-0.15, -0.1) is 0 Å². The summed E-state index contributed by atoms with van der Waals surface area (Å²) in [4.78, 5) is 11.5. The number of aromatic amines is 1. The Bertz CT molecular complexity index is 1550. The van der Waals surface area contributed by atoms with Gasteiger partial charge in [-0.1, -0.05) is 49.4 Å².